The third-order valence-electron chi connectivity index (χ3n) is 2.52. The molecule has 0 aliphatic carbocycles. The van der Waals surface area contributed by atoms with Gasteiger partial charge in [0.15, 0.2) is 0 Å². The maximum atomic E-state index is 12.0. The molecule has 2 N–H and O–H groups in total. The molecule has 0 fully saturated rings. The van der Waals surface area contributed by atoms with Crippen molar-refractivity contribution in [2.45, 2.75) is 20.3 Å². The van der Waals surface area contributed by atoms with E-state index in [0.717, 1.165) is 18.5 Å². The van der Waals surface area contributed by atoms with Crippen LogP contribution in [-0.2, 0) is 0 Å². The molecule has 0 unspecified atom stereocenters. The number of carbonyl (C=O) groups excluding carboxylic acids is 1. The van der Waals surface area contributed by atoms with Crippen molar-refractivity contribution in [3.8, 4) is 0 Å². The number of hydrogen-bond donors (Lipinski definition) is 2. The van der Waals surface area contributed by atoms with Crippen molar-refractivity contribution in [3.05, 3.63) is 33.8 Å². The van der Waals surface area contributed by atoms with Crippen molar-refractivity contribution in [2.24, 2.45) is 0 Å². The van der Waals surface area contributed by atoms with E-state index in [1.807, 2.05) is 13.0 Å². The van der Waals surface area contributed by atoms with Gasteiger partial charge in [-0.3, -0.25) is 4.79 Å². The van der Waals surface area contributed by atoms with Crippen LogP contribution in [0.2, 0.25) is 5.02 Å². The first-order chi connectivity index (χ1) is 9.60. The molecule has 1 heterocycles. The van der Waals surface area contributed by atoms with Crippen LogP contribution in [0.25, 0.3) is 0 Å². The van der Waals surface area contributed by atoms with E-state index in [1.54, 1.807) is 12.1 Å². The van der Waals surface area contributed by atoms with Crippen molar-refractivity contribution in [2.75, 3.05) is 17.2 Å². The summed E-state index contributed by atoms with van der Waals surface area (Å²) in [6.45, 7) is 4.80. The molecule has 0 saturated carbocycles. The lowest BCUT2D eigenvalue weighted by Gasteiger charge is -2.05. The van der Waals surface area contributed by atoms with E-state index in [-0.39, 0.29) is 5.91 Å². The maximum Gasteiger partial charge on any atom is 0.286 e. The molecule has 1 amide bonds. The highest BCUT2D eigenvalue weighted by atomic mass is 35.5. The lowest BCUT2D eigenvalue weighted by Crippen LogP contribution is -2.11. The molecule has 0 spiro atoms. The largest absolute Gasteiger partial charge is 0.360 e. The molecular weight excluding hydrogens is 296 g/mol. The van der Waals surface area contributed by atoms with E-state index >= 15 is 0 Å². The fourth-order valence-corrected chi connectivity index (χ4v) is 2.46. The van der Waals surface area contributed by atoms with E-state index in [4.69, 9.17) is 11.6 Å². The summed E-state index contributed by atoms with van der Waals surface area (Å²) in [5.74, 6) is -0.308. The summed E-state index contributed by atoms with van der Waals surface area (Å²) in [4.78, 5) is 12.0. The van der Waals surface area contributed by atoms with Crippen LogP contribution in [0.15, 0.2) is 18.2 Å². The van der Waals surface area contributed by atoms with E-state index in [0.29, 0.717) is 20.8 Å². The van der Waals surface area contributed by atoms with Gasteiger partial charge < -0.3 is 10.6 Å². The number of carbonyl (C=O) groups is 1. The Morgan fingerprint density at radius 1 is 1.40 bits per heavy atom. The Balaban J connectivity index is 2.06. The van der Waals surface area contributed by atoms with Crippen LogP contribution >= 0.6 is 22.9 Å². The van der Waals surface area contributed by atoms with E-state index in [9.17, 15) is 4.79 Å². The zero-order chi connectivity index (χ0) is 14.5. The second kappa shape index (κ2) is 6.67. The number of nitrogens with zero attached hydrogens (tertiary/aromatic N) is 2. The summed E-state index contributed by atoms with van der Waals surface area (Å²) < 4.78 is 0. The van der Waals surface area contributed by atoms with Crippen LogP contribution in [0.3, 0.4) is 0 Å². The molecule has 0 radical (unpaired) electrons. The Labute approximate surface area is 126 Å². The predicted octanol–water partition coefficient (Wildman–Crippen LogP) is 3.57. The second-order valence-electron chi connectivity index (χ2n) is 4.28. The fraction of sp³-hybridized carbons (Fsp3) is 0.308. The number of amides is 1. The molecule has 5 nitrogen and oxygen atoms in total. The summed E-state index contributed by atoms with van der Waals surface area (Å²) >= 11 is 7.30. The standard InChI is InChI=1S/C13H15ClN4OS/c1-3-6-15-13-18-17-12(20-13)11(19)16-10-5-4-8(2)7-9(10)14/h4-5,7H,3,6H2,1-2H3,(H,15,18)(H,16,19). The van der Waals surface area contributed by atoms with Gasteiger partial charge in [-0.2, -0.15) is 0 Å². The minimum absolute atomic E-state index is 0.306. The highest BCUT2D eigenvalue weighted by Gasteiger charge is 2.14. The maximum absolute atomic E-state index is 12.0. The average Bonchev–Trinajstić information content (AvgIpc) is 2.88. The zero-order valence-corrected chi connectivity index (χ0v) is 12.8. The van der Waals surface area contributed by atoms with Crippen LogP contribution in [-0.4, -0.2) is 22.6 Å². The topological polar surface area (TPSA) is 66.9 Å². The van der Waals surface area contributed by atoms with Crippen molar-refractivity contribution in [1.82, 2.24) is 10.2 Å². The highest BCUT2D eigenvalue weighted by Crippen LogP contribution is 2.24. The van der Waals surface area contributed by atoms with Gasteiger partial charge in [0.1, 0.15) is 0 Å². The summed E-state index contributed by atoms with van der Waals surface area (Å²) in [6, 6.07) is 5.45. The van der Waals surface area contributed by atoms with Crippen molar-refractivity contribution < 1.29 is 4.79 Å². The third kappa shape index (κ3) is 3.68. The number of benzene rings is 1. The molecule has 2 aromatic rings. The molecule has 106 valence electrons. The SMILES string of the molecule is CCCNc1nnc(C(=O)Nc2ccc(C)cc2Cl)s1. The Kier molecular flexibility index (Phi) is 4.92. The number of nitrogens with one attached hydrogen (secondary N) is 2. The van der Waals surface area contributed by atoms with Gasteiger partial charge in [0.2, 0.25) is 10.1 Å². The quantitative estimate of drug-likeness (QED) is 0.886. The van der Waals surface area contributed by atoms with Gasteiger partial charge in [0.05, 0.1) is 10.7 Å². The molecule has 0 atom stereocenters. The molecular formula is C13H15ClN4OS. The van der Waals surface area contributed by atoms with Crippen LogP contribution in [0.4, 0.5) is 10.8 Å². The second-order valence-corrected chi connectivity index (χ2v) is 5.66. The summed E-state index contributed by atoms with van der Waals surface area (Å²) in [5, 5.41) is 15.1. The van der Waals surface area contributed by atoms with Crippen molar-refractivity contribution in [1.29, 1.82) is 0 Å². The van der Waals surface area contributed by atoms with E-state index in [1.165, 1.54) is 11.3 Å². The smallest absolute Gasteiger partial charge is 0.286 e. The van der Waals surface area contributed by atoms with Crippen molar-refractivity contribution in [3.63, 3.8) is 0 Å². The predicted molar refractivity (Wildman–Crippen MR) is 82.8 cm³/mol. The Morgan fingerprint density at radius 2 is 2.20 bits per heavy atom. The average molecular weight is 311 g/mol. The summed E-state index contributed by atoms with van der Waals surface area (Å²) in [5.41, 5.74) is 1.61. The molecule has 0 aliphatic heterocycles. The number of aromatic nitrogens is 2. The molecule has 1 aromatic carbocycles. The summed E-state index contributed by atoms with van der Waals surface area (Å²) in [6.07, 6.45) is 0.986. The van der Waals surface area contributed by atoms with E-state index < -0.39 is 0 Å². The number of hydrogen-bond acceptors (Lipinski definition) is 5. The monoisotopic (exact) mass is 310 g/mol. The van der Waals surface area contributed by atoms with Gasteiger partial charge in [-0.05, 0) is 31.0 Å². The fourth-order valence-electron chi connectivity index (χ4n) is 1.52. The Hall–Kier alpha value is -1.66. The summed E-state index contributed by atoms with van der Waals surface area (Å²) in [7, 11) is 0. The lowest BCUT2D eigenvalue weighted by molar-refractivity contribution is 0.102. The van der Waals surface area contributed by atoms with Crippen LogP contribution < -0.4 is 10.6 Å². The molecule has 1 aromatic heterocycles. The molecule has 7 heteroatoms. The number of aryl methyl sites for hydroxylation is 1. The van der Waals surface area contributed by atoms with Crippen LogP contribution in [0.5, 0.6) is 0 Å². The molecule has 0 bridgehead atoms. The zero-order valence-electron chi connectivity index (χ0n) is 11.2. The van der Waals surface area contributed by atoms with Gasteiger partial charge in [-0.25, -0.2) is 0 Å². The first-order valence-corrected chi connectivity index (χ1v) is 7.44. The Morgan fingerprint density at radius 3 is 2.90 bits per heavy atom. The first-order valence-electron chi connectivity index (χ1n) is 6.25. The third-order valence-corrected chi connectivity index (χ3v) is 3.71. The van der Waals surface area contributed by atoms with Gasteiger partial charge in [-0.1, -0.05) is 35.9 Å². The number of rotatable bonds is 5. The Bertz CT molecular complexity index is 614. The van der Waals surface area contributed by atoms with Gasteiger partial charge in [-0.15, -0.1) is 10.2 Å². The van der Waals surface area contributed by atoms with Crippen LogP contribution in [0, 0.1) is 6.92 Å². The van der Waals surface area contributed by atoms with Gasteiger partial charge in [0.25, 0.3) is 5.91 Å². The van der Waals surface area contributed by atoms with Crippen LogP contribution in [0.1, 0.15) is 28.7 Å². The highest BCUT2D eigenvalue weighted by molar-refractivity contribution is 7.17. The molecule has 20 heavy (non-hydrogen) atoms. The minimum Gasteiger partial charge on any atom is -0.360 e. The molecule has 2 rings (SSSR count). The van der Waals surface area contributed by atoms with Gasteiger partial charge in [0, 0.05) is 6.54 Å². The normalized spacial score (nSPS) is 10.3. The van der Waals surface area contributed by atoms with Gasteiger partial charge >= 0.3 is 0 Å². The number of halogens is 1. The lowest BCUT2D eigenvalue weighted by atomic mass is 10.2. The first kappa shape index (κ1) is 14.7. The minimum atomic E-state index is -0.308. The number of anilines is 2. The molecule has 0 saturated heterocycles. The van der Waals surface area contributed by atoms with E-state index in [2.05, 4.69) is 27.8 Å². The molecule has 0 aliphatic rings. The van der Waals surface area contributed by atoms with Crippen molar-refractivity contribution >= 4 is 39.7 Å².